The molecule has 0 bridgehead atoms. The molecule has 0 amide bonds. The molecule has 3 heterocycles. The van der Waals surface area contributed by atoms with Crippen LogP contribution in [0.15, 0.2) is 192 Å². The number of anilines is 2. The van der Waals surface area contributed by atoms with Crippen LogP contribution in [0, 0.1) is 0 Å². The Labute approximate surface area is 318 Å². The molecule has 10 aromatic rings. The summed E-state index contributed by atoms with van der Waals surface area (Å²) in [6.45, 7) is 0. The van der Waals surface area contributed by atoms with Crippen molar-refractivity contribution in [3.8, 4) is 27.9 Å². The zero-order chi connectivity index (χ0) is 36.0. The Balaban J connectivity index is 1.11. The lowest BCUT2D eigenvalue weighted by Gasteiger charge is -2.32. The molecule has 2 aromatic heterocycles. The molecule has 1 aliphatic carbocycles. The van der Waals surface area contributed by atoms with Crippen LogP contribution in [-0.2, 0) is 0 Å². The zero-order valence-corrected chi connectivity index (χ0v) is 29.9. The van der Waals surface area contributed by atoms with Crippen molar-refractivity contribution in [3.05, 3.63) is 205 Å². The van der Waals surface area contributed by atoms with E-state index in [1.54, 1.807) is 0 Å². The molecule has 2 atom stereocenters. The van der Waals surface area contributed by atoms with E-state index in [1.807, 2.05) is 0 Å². The number of aromatic nitrogens is 1. The molecule has 0 fully saturated rings. The Morgan fingerprint density at radius 1 is 0.473 bits per heavy atom. The fraction of sp³-hybridized carbons (Fsp3) is 0.0385. The van der Waals surface area contributed by atoms with Crippen molar-refractivity contribution >= 4 is 61.2 Å². The lowest BCUT2D eigenvalue weighted by atomic mass is 9.80. The quantitative estimate of drug-likeness (QED) is 0.182. The minimum Gasteiger partial charge on any atom is -0.456 e. The summed E-state index contributed by atoms with van der Waals surface area (Å²) in [5, 5.41) is 4.83. The fourth-order valence-corrected chi connectivity index (χ4v) is 9.53. The van der Waals surface area contributed by atoms with Crippen molar-refractivity contribution in [1.82, 2.24) is 4.57 Å². The number of nitrogens with zero attached hydrogens (tertiary/aromatic N) is 2. The van der Waals surface area contributed by atoms with E-state index < -0.39 is 0 Å². The van der Waals surface area contributed by atoms with Crippen LogP contribution < -0.4 is 4.90 Å². The first-order valence-corrected chi connectivity index (χ1v) is 19.1. The van der Waals surface area contributed by atoms with Gasteiger partial charge in [0.15, 0.2) is 0 Å². The van der Waals surface area contributed by atoms with Gasteiger partial charge in [0.25, 0.3) is 0 Å². The maximum absolute atomic E-state index is 6.91. The van der Waals surface area contributed by atoms with Crippen LogP contribution in [0.1, 0.15) is 22.6 Å². The second-order valence-corrected chi connectivity index (χ2v) is 14.8. The summed E-state index contributed by atoms with van der Waals surface area (Å²) in [6.07, 6.45) is 4.71. The lowest BCUT2D eigenvalue weighted by Crippen LogP contribution is -2.30. The average Bonchev–Trinajstić information content (AvgIpc) is 3.92. The molecule has 0 saturated carbocycles. The van der Waals surface area contributed by atoms with Gasteiger partial charge in [0, 0.05) is 50.0 Å². The highest BCUT2D eigenvalue weighted by molar-refractivity contribution is 6.12. The smallest absolute Gasteiger partial charge is 0.141 e. The summed E-state index contributed by atoms with van der Waals surface area (Å²) in [5.41, 5.74) is 16.5. The van der Waals surface area contributed by atoms with E-state index in [2.05, 4.69) is 204 Å². The van der Waals surface area contributed by atoms with Crippen LogP contribution in [0.2, 0.25) is 0 Å². The third-order valence-corrected chi connectivity index (χ3v) is 11.9. The third kappa shape index (κ3) is 4.44. The molecule has 3 heteroatoms. The first-order chi connectivity index (χ1) is 27.3. The predicted octanol–water partition coefficient (Wildman–Crippen LogP) is 13.7. The van der Waals surface area contributed by atoms with Crippen LogP contribution in [-0.4, -0.2) is 10.6 Å². The van der Waals surface area contributed by atoms with Crippen LogP contribution in [0.4, 0.5) is 11.4 Å². The van der Waals surface area contributed by atoms with Crippen LogP contribution in [0.3, 0.4) is 0 Å². The molecule has 0 saturated heterocycles. The van der Waals surface area contributed by atoms with Crippen molar-refractivity contribution in [2.45, 2.75) is 12.0 Å². The van der Waals surface area contributed by atoms with Gasteiger partial charge in [-0.15, -0.1) is 0 Å². The Morgan fingerprint density at radius 3 is 1.84 bits per heavy atom. The highest BCUT2D eigenvalue weighted by Crippen LogP contribution is 2.58. The molecule has 2 unspecified atom stereocenters. The average molecular weight is 703 g/mol. The molecule has 1 aliphatic heterocycles. The predicted molar refractivity (Wildman–Crippen MR) is 229 cm³/mol. The third-order valence-electron chi connectivity index (χ3n) is 11.9. The monoisotopic (exact) mass is 702 g/mol. The first kappa shape index (κ1) is 30.4. The van der Waals surface area contributed by atoms with Gasteiger partial charge < -0.3 is 13.9 Å². The maximum atomic E-state index is 6.91. The Bertz CT molecular complexity index is 3090. The molecule has 0 radical (unpaired) electrons. The van der Waals surface area contributed by atoms with Crippen molar-refractivity contribution in [3.63, 3.8) is 0 Å². The van der Waals surface area contributed by atoms with Crippen LogP contribution in [0.5, 0.6) is 0 Å². The number of para-hydroxylation sites is 3. The standard InChI is InChI=1S/C52H34N2O/c1-2-12-33(13-3-1)34-22-27-38(28-23-34)54-47-31-26-35-14-4-5-15-39(35)49(47)50-51(54)43(32-44-42-18-8-11-21-48(42)55-52(44)50)36-24-29-37(30-25-36)53-45-19-9-6-16-40(45)41-17-7-10-20-46(41)53/h1-32,47,49H. The van der Waals surface area contributed by atoms with Gasteiger partial charge in [0.05, 0.1) is 22.8 Å². The number of furan rings is 1. The van der Waals surface area contributed by atoms with Gasteiger partial charge in [-0.25, -0.2) is 0 Å². The van der Waals surface area contributed by atoms with E-state index in [4.69, 9.17) is 4.42 Å². The van der Waals surface area contributed by atoms with Crippen molar-refractivity contribution < 1.29 is 4.42 Å². The van der Waals surface area contributed by atoms with Crippen molar-refractivity contribution in [1.29, 1.82) is 0 Å². The summed E-state index contributed by atoms with van der Waals surface area (Å²) >= 11 is 0. The van der Waals surface area contributed by atoms with Gasteiger partial charge in [0.2, 0.25) is 0 Å². The minimum atomic E-state index is 0.0712. The van der Waals surface area contributed by atoms with Gasteiger partial charge in [-0.1, -0.05) is 146 Å². The van der Waals surface area contributed by atoms with Gasteiger partial charge in [0.1, 0.15) is 11.2 Å². The summed E-state index contributed by atoms with van der Waals surface area (Å²) in [4.78, 5) is 2.57. The second kappa shape index (κ2) is 11.7. The molecular weight excluding hydrogens is 669 g/mol. The molecule has 8 aromatic carbocycles. The normalized spacial score (nSPS) is 15.9. The van der Waals surface area contributed by atoms with E-state index in [1.165, 1.54) is 66.4 Å². The lowest BCUT2D eigenvalue weighted by molar-refractivity contribution is 0.653. The van der Waals surface area contributed by atoms with Crippen LogP contribution in [0.25, 0.3) is 77.8 Å². The SMILES string of the molecule is C1=CC2C(c3ccccc31)c1c(c(-c3ccc(-n4c5ccccc5c5ccccc54)cc3)cc3c1oc1ccccc13)N2c1ccc(-c2ccccc2)cc1. The van der Waals surface area contributed by atoms with Gasteiger partial charge in [-0.05, 0) is 76.3 Å². The molecule has 3 nitrogen and oxygen atoms in total. The van der Waals surface area contributed by atoms with E-state index in [0.29, 0.717) is 0 Å². The van der Waals surface area contributed by atoms with E-state index in [0.717, 1.165) is 33.3 Å². The molecule has 2 aliphatic rings. The number of hydrogen-bond acceptors (Lipinski definition) is 2. The van der Waals surface area contributed by atoms with E-state index in [-0.39, 0.29) is 12.0 Å². The molecule has 0 N–H and O–H groups in total. The number of hydrogen-bond donors (Lipinski definition) is 0. The zero-order valence-electron chi connectivity index (χ0n) is 29.9. The molecule has 55 heavy (non-hydrogen) atoms. The molecule has 0 spiro atoms. The molecule has 258 valence electrons. The maximum Gasteiger partial charge on any atom is 0.141 e. The van der Waals surface area contributed by atoms with Crippen molar-refractivity contribution in [2.24, 2.45) is 0 Å². The Hall–Kier alpha value is -7.10. The van der Waals surface area contributed by atoms with Crippen LogP contribution >= 0.6 is 0 Å². The van der Waals surface area contributed by atoms with E-state index >= 15 is 0 Å². The highest BCUT2D eigenvalue weighted by Gasteiger charge is 2.45. The highest BCUT2D eigenvalue weighted by atomic mass is 16.3. The second-order valence-electron chi connectivity index (χ2n) is 14.8. The minimum absolute atomic E-state index is 0.0712. The fourth-order valence-electron chi connectivity index (χ4n) is 9.53. The van der Waals surface area contributed by atoms with Gasteiger partial charge in [-0.2, -0.15) is 0 Å². The summed E-state index contributed by atoms with van der Waals surface area (Å²) < 4.78 is 9.30. The van der Waals surface area contributed by atoms with E-state index in [9.17, 15) is 0 Å². The largest absolute Gasteiger partial charge is 0.456 e. The summed E-state index contributed by atoms with van der Waals surface area (Å²) in [5.74, 6) is 0.0879. The number of fused-ring (bicyclic) bond motifs is 12. The summed E-state index contributed by atoms with van der Waals surface area (Å²) in [6, 6.07) is 66.2. The summed E-state index contributed by atoms with van der Waals surface area (Å²) in [7, 11) is 0. The molecule has 12 rings (SSSR count). The van der Waals surface area contributed by atoms with Crippen molar-refractivity contribution in [2.75, 3.05) is 4.90 Å². The molecular formula is C52H34N2O. The Kier molecular flexibility index (Phi) is 6.46. The number of benzene rings is 8. The Morgan fingerprint density at radius 2 is 1.07 bits per heavy atom. The number of rotatable bonds is 4. The topological polar surface area (TPSA) is 21.3 Å². The van der Waals surface area contributed by atoms with Gasteiger partial charge >= 0.3 is 0 Å². The van der Waals surface area contributed by atoms with Gasteiger partial charge in [-0.3, -0.25) is 0 Å². The first-order valence-electron chi connectivity index (χ1n) is 19.1.